The van der Waals surface area contributed by atoms with Crippen molar-refractivity contribution in [2.75, 3.05) is 31.3 Å². The number of nitrogen functional groups attached to an aromatic ring is 2. The Morgan fingerprint density at radius 1 is 1.05 bits per heavy atom. The summed E-state index contributed by atoms with van der Waals surface area (Å²) in [4.78, 5) is 57.7. The van der Waals surface area contributed by atoms with Crippen molar-refractivity contribution in [3.63, 3.8) is 0 Å². The molecule has 22 heteroatoms. The summed E-state index contributed by atoms with van der Waals surface area (Å²) in [7, 11) is -3.99. The van der Waals surface area contributed by atoms with E-state index in [9.17, 15) is 14.6 Å². The maximum absolute atomic E-state index is 12.3. The molecule has 3 fully saturated rings. The van der Waals surface area contributed by atoms with Gasteiger partial charge in [-0.05, 0) is 0 Å². The number of nitrogens with two attached hydrogens (primary N) is 2. The molecule has 1 saturated carbocycles. The van der Waals surface area contributed by atoms with Crippen LogP contribution in [0.5, 0.6) is 0 Å². The van der Waals surface area contributed by atoms with Crippen molar-refractivity contribution in [3.8, 4) is 0 Å². The van der Waals surface area contributed by atoms with Gasteiger partial charge in [-0.15, -0.1) is 0 Å². The summed E-state index contributed by atoms with van der Waals surface area (Å²) in [5, 5.41) is 0. The summed E-state index contributed by atoms with van der Waals surface area (Å²) in [5.41, 5.74) is 12.6. The molecular weight excluding hydrogens is 646 g/mol. The third-order valence-corrected chi connectivity index (χ3v) is 11.4. The van der Waals surface area contributed by atoms with Gasteiger partial charge in [-0.2, -0.15) is 0 Å². The molecule has 0 amide bonds. The molecular formula is C21H28N10O8P2S2. The van der Waals surface area contributed by atoms with E-state index < -0.39 is 37.9 Å². The monoisotopic (exact) mass is 674 g/mol. The van der Waals surface area contributed by atoms with Crippen LogP contribution in [0.2, 0.25) is 0 Å². The summed E-state index contributed by atoms with van der Waals surface area (Å²) < 4.78 is 33.0. The normalized spacial score (nSPS) is 33.9. The van der Waals surface area contributed by atoms with Crippen molar-refractivity contribution in [1.82, 2.24) is 39.0 Å². The minimum atomic E-state index is -3.99. The summed E-state index contributed by atoms with van der Waals surface area (Å²) in [6.07, 6.45) is 2.99. The number of anilines is 2. The first-order valence-electron chi connectivity index (χ1n) is 13.2. The number of hydrogen-bond donors (Lipinski definition) is 6. The second-order valence-electron chi connectivity index (χ2n) is 10.5. The second kappa shape index (κ2) is 10.9. The van der Waals surface area contributed by atoms with E-state index in [-0.39, 0.29) is 61.4 Å². The van der Waals surface area contributed by atoms with E-state index in [1.807, 2.05) is 0 Å². The third kappa shape index (κ3) is 5.55. The van der Waals surface area contributed by atoms with Gasteiger partial charge in [-0.25, -0.2) is 0 Å². The zero-order chi connectivity index (χ0) is 30.1. The van der Waals surface area contributed by atoms with Gasteiger partial charge in [-0.1, -0.05) is 0 Å². The van der Waals surface area contributed by atoms with Crippen LogP contribution in [0, 0.1) is 11.8 Å². The maximum atomic E-state index is 12.3. The number of rotatable bonds is 2. The van der Waals surface area contributed by atoms with Crippen LogP contribution in [-0.2, 0) is 34.6 Å². The quantitative estimate of drug-likeness (QED) is 0.126. The molecule has 3 aliphatic rings. The molecule has 7 N–H and O–H groups in total. The van der Waals surface area contributed by atoms with Crippen molar-refractivity contribution >= 4 is 72.0 Å². The predicted octanol–water partition coefficient (Wildman–Crippen LogP) is 0.586. The Hall–Kier alpha value is -2.35. The molecule has 6 heterocycles. The molecule has 232 valence electrons. The zero-order valence-corrected chi connectivity index (χ0v) is 25.8. The number of aromatic nitrogens is 8. The first kappa shape index (κ1) is 29.4. The van der Waals surface area contributed by atoms with Gasteiger partial charge in [0.15, 0.2) is 0 Å². The molecule has 7 atom stereocenters. The van der Waals surface area contributed by atoms with Crippen LogP contribution in [0.3, 0.4) is 0 Å². The number of nitrogens with zero attached hydrogens (tertiary/aromatic N) is 7. The predicted molar refractivity (Wildman–Crippen MR) is 160 cm³/mol. The molecule has 18 nitrogen and oxygen atoms in total. The summed E-state index contributed by atoms with van der Waals surface area (Å²) in [5.74, 6) is -0.251. The van der Waals surface area contributed by atoms with E-state index >= 15 is 0 Å². The van der Waals surface area contributed by atoms with Crippen molar-refractivity contribution in [2.45, 2.75) is 37.3 Å². The number of ether oxygens (including phenoxy) is 1. The number of imidazole rings is 2. The molecule has 1 unspecified atom stereocenters. The molecule has 2 aliphatic heterocycles. The average molecular weight is 675 g/mol. The Kier molecular flexibility index (Phi) is 7.46. The molecule has 43 heavy (non-hydrogen) atoms. The van der Waals surface area contributed by atoms with E-state index in [1.54, 1.807) is 9.13 Å². The van der Waals surface area contributed by atoms with Gasteiger partial charge in [-0.3, -0.25) is 0 Å². The molecule has 0 spiro atoms. The van der Waals surface area contributed by atoms with E-state index in [4.69, 9.17) is 46.1 Å². The molecule has 7 rings (SSSR count). The van der Waals surface area contributed by atoms with Crippen LogP contribution in [0.25, 0.3) is 22.3 Å². The Labute approximate surface area is 253 Å². The fourth-order valence-corrected chi connectivity index (χ4v) is 8.69. The first-order valence-corrected chi connectivity index (χ1v) is 18.8. The molecule has 0 radical (unpaired) electrons. The fraction of sp³-hybridized carbons (Fsp3) is 0.524. The Morgan fingerprint density at radius 2 is 1.81 bits per heavy atom. The molecule has 4 aromatic heterocycles. The SMILES string of the molecule is Nc1nc2c(ncn2[C@@H]2C[C@@H]3CO[PH](O)(S)O[C@H]4C[C@H](n5cnc6c(N)ncnc65)O[C@@H]4COP(O)(=S)OC[C@H]32)c(=O)[nH]1. The molecule has 0 bridgehead atoms. The van der Waals surface area contributed by atoms with Crippen molar-refractivity contribution < 1.29 is 32.6 Å². The second-order valence-corrected chi connectivity index (χ2v) is 16.7. The fourth-order valence-electron chi connectivity index (χ4n) is 5.78. The average Bonchev–Trinajstić information content (AvgIpc) is 3.64. The van der Waals surface area contributed by atoms with Crippen molar-refractivity contribution in [1.29, 1.82) is 0 Å². The van der Waals surface area contributed by atoms with E-state index in [0.717, 1.165) is 0 Å². The van der Waals surface area contributed by atoms with E-state index in [1.165, 1.54) is 19.0 Å². The number of hydrogen-bond acceptors (Lipinski definition) is 16. The van der Waals surface area contributed by atoms with Gasteiger partial charge in [0, 0.05) is 0 Å². The third-order valence-electron chi connectivity index (χ3n) is 7.95. The van der Waals surface area contributed by atoms with Crippen molar-refractivity contribution in [2.24, 2.45) is 11.8 Å². The van der Waals surface area contributed by atoms with Crippen LogP contribution in [0.4, 0.5) is 11.8 Å². The Bertz CT molecular complexity index is 1800. The topological polar surface area (TPSA) is 246 Å². The van der Waals surface area contributed by atoms with Gasteiger partial charge >= 0.3 is 253 Å². The van der Waals surface area contributed by atoms with E-state index in [2.05, 4.69) is 42.2 Å². The van der Waals surface area contributed by atoms with Gasteiger partial charge in [0.25, 0.3) is 0 Å². The molecule has 1 aliphatic carbocycles. The first-order chi connectivity index (χ1) is 20.5. The number of aromatic amines is 1. The van der Waals surface area contributed by atoms with Crippen LogP contribution >= 0.6 is 26.1 Å². The van der Waals surface area contributed by atoms with Gasteiger partial charge in [0.1, 0.15) is 0 Å². The summed E-state index contributed by atoms with van der Waals surface area (Å²) >= 11 is 9.69. The number of thiol groups is 1. The van der Waals surface area contributed by atoms with Crippen LogP contribution in [-0.4, -0.2) is 80.9 Å². The Balaban J connectivity index is 1.12. The summed E-state index contributed by atoms with van der Waals surface area (Å²) in [6.45, 7) is -3.86. The van der Waals surface area contributed by atoms with Gasteiger partial charge < -0.3 is 0 Å². The number of H-pyrrole nitrogens is 1. The standard InChI is InChI=1S/C21H28N10O8P2S2/c22-17-15-18(25-6-24-17)31(8-26-15)14-2-12-13(38-14)5-37-40(33,42)36-4-10-9(3-35-41(34,43)39-12)1-11(10)30-7-27-16-19(30)28-21(23)29-20(16)32/h6-14,34,41,43H,1-5H2,(H,33,42)(H2,22,24,25)(H3,23,28,29,32)/t9-,10-,11-,12+,13-,14-,40?/m1/s1. The molecule has 0 aromatic carbocycles. The summed E-state index contributed by atoms with van der Waals surface area (Å²) in [6, 6.07) is -0.241. The molecule has 4 aromatic rings. The minimum absolute atomic E-state index is 0.00202. The van der Waals surface area contributed by atoms with Crippen LogP contribution in [0.15, 0.2) is 23.8 Å². The van der Waals surface area contributed by atoms with E-state index in [0.29, 0.717) is 23.2 Å². The van der Waals surface area contributed by atoms with Gasteiger partial charge in [0.2, 0.25) is 0 Å². The van der Waals surface area contributed by atoms with Crippen LogP contribution in [0.1, 0.15) is 25.1 Å². The van der Waals surface area contributed by atoms with Gasteiger partial charge in [0.05, 0.1) is 0 Å². The number of nitrogens with one attached hydrogen (secondary N) is 1. The number of fused-ring (bicyclic) bond motifs is 4. The Morgan fingerprint density at radius 3 is 2.65 bits per heavy atom. The zero-order valence-electron chi connectivity index (χ0n) is 22.2. The van der Waals surface area contributed by atoms with Crippen LogP contribution < -0.4 is 17.0 Å². The molecule has 2 saturated heterocycles. The van der Waals surface area contributed by atoms with Crippen molar-refractivity contribution in [3.05, 3.63) is 29.3 Å².